The molecule has 0 spiro atoms. The zero-order valence-electron chi connectivity index (χ0n) is 30.0. The fourth-order valence-electron chi connectivity index (χ4n) is 6.74. The summed E-state index contributed by atoms with van der Waals surface area (Å²) in [5, 5.41) is 18.4. The second kappa shape index (κ2) is 17.9. The van der Waals surface area contributed by atoms with Crippen LogP contribution in [0, 0.1) is 0 Å². The number of amides is 4. The molecule has 0 bridgehead atoms. The Morgan fingerprint density at radius 2 is 1.63 bits per heavy atom. The van der Waals surface area contributed by atoms with Gasteiger partial charge in [-0.15, -0.1) is 11.6 Å². The molecular formula is C42H43ClN4O7. The van der Waals surface area contributed by atoms with Gasteiger partial charge < -0.3 is 30.1 Å². The van der Waals surface area contributed by atoms with Gasteiger partial charge >= 0.3 is 0 Å². The van der Waals surface area contributed by atoms with Crippen molar-refractivity contribution < 1.29 is 33.8 Å². The molecular weight excluding hydrogens is 708 g/mol. The van der Waals surface area contributed by atoms with Gasteiger partial charge in [-0.2, -0.15) is 0 Å². The van der Waals surface area contributed by atoms with Crippen LogP contribution in [0.5, 0.6) is 11.5 Å². The van der Waals surface area contributed by atoms with Crippen LogP contribution in [0.25, 0.3) is 11.1 Å². The molecule has 4 amide bonds. The van der Waals surface area contributed by atoms with Crippen LogP contribution < -0.4 is 20.7 Å². The number of phenols is 1. The van der Waals surface area contributed by atoms with E-state index in [1.807, 2.05) is 60.7 Å². The number of phenolic OH excluding ortho intramolecular Hbond substituents is 1. The Hall–Kier alpha value is -5.65. The molecule has 54 heavy (non-hydrogen) atoms. The van der Waals surface area contributed by atoms with Crippen LogP contribution in [0.3, 0.4) is 0 Å². The number of nitrogens with zero attached hydrogens (tertiary/aromatic N) is 1. The summed E-state index contributed by atoms with van der Waals surface area (Å²) in [5.74, 6) is 0.0174. The molecule has 2 atom stereocenters. The molecule has 4 aromatic carbocycles. The molecule has 6 rings (SSSR count). The second-order valence-electron chi connectivity index (χ2n) is 13.0. The first-order chi connectivity index (χ1) is 26.2. The molecule has 2 unspecified atom stereocenters. The van der Waals surface area contributed by atoms with Crippen molar-refractivity contribution in [2.45, 2.75) is 44.9 Å². The van der Waals surface area contributed by atoms with Gasteiger partial charge in [-0.3, -0.25) is 24.5 Å². The molecule has 11 nitrogen and oxygen atoms in total. The summed E-state index contributed by atoms with van der Waals surface area (Å²) >= 11 is 6.27. The fraction of sp³-hybridized carbons (Fsp3) is 0.286. The number of piperidine rings is 1. The molecule has 0 radical (unpaired) electrons. The lowest BCUT2D eigenvalue weighted by atomic mass is 9.88. The second-order valence-corrected chi connectivity index (χ2v) is 13.4. The largest absolute Gasteiger partial charge is 0.508 e. The monoisotopic (exact) mass is 750 g/mol. The van der Waals surface area contributed by atoms with Gasteiger partial charge in [0.15, 0.2) is 0 Å². The minimum absolute atomic E-state index is 0.193. The van der Waals surface area contributed by atoms with Crippen LogP contribution >= 0.6 is 11.6 Å². The predicted molar refractivity (Wildman–Crippen MR) is 207 cm³/mol. The number of alkyl halides is 1. The smallest absolute Gasteiger partial charge is 0.255 e. The number of anilines is 1. The molecule has 4 aromatic rings. The number of benzene rings is 4. The third-order valence-corrected chi connectivity index (χ3v) is 9.66. The molecule has 2 aliphatic rings. The molecule has 2 heterocycles. The Bertz CT molecular complexity index is 2000. The maximum absolute atomic E-state index is 13.1. The maximum atomic E-state index is 13.1. The normalized spacial score (nSPS) is 16.3. The number of fused-ring (bicyclic) bond motifs is 1. The summed E-state index contributed by atoms with van der Waals surface area (Å²) in [4.78, 5) is 51.3. The number of hydrogen-bond acceptors (Lipinski definition) is 8. The average Bonchev–Trinajstić information content (AvgIpc) is 3.52. The van der Waals surface area contributed by atoms with E-state index in [1.165, 1.54) is 4.90 Å². The van der Waals surface area contributed by atoms with Gasteiger partial charge in [0.1, 0.15) is 30.3 Å². The summed E-state index contributed by atoms with van der Waals surface area (Å²) < 4.78 is 11.7. The van der Waals surface area contributed by atoms with Crippen LogP contribution in [-0.2, 0) is 25.7 Å². The van der Waals surface area contributed by atoms with E-state index in [0.29, 0.717) is 36.6 Å². The lowest BCUT2D eigenvalue weighted by Gasteiger charge is -2.29. The molecule has 1 saturated heterocycles. The summed E-state index contributed by atoms with van der Waals surface area (Å²) in [6.45, 7) is 3.11. The zero-order valence-corrected chi connectivity index (χ0v) is 30.7. The zero-order chi connectivity index (χ0) is 38.0. The third kappa shape index (κ3) is 9.10. The number of halogens is 1. The highest BCUT2D eigenvalue weighted by molar-refractivity contribution is 6.18. The SMILES string of the molecule is CC(OCCNc1cccc2c1CN(C1CCC(=O)NC1=O)C2=O)C(=O)NCCOc1ccc(C(=C(CCCl)c2ccccc2)c2ccc(O)cc2)cc1. The van der Waals surface area contributed by atoms with Gasteiger partial charge in [0.25, 0.3) is 5.91 Å². The number of rotatable bonds is 16. The fourth-order valence-corrected chi connectivity index (χ4v) is 6.93. The number of carbonyl (C=O) groups is 4. The number of hydrogen-bond donors (Lipinski definition) is 4. The molecule has 0 aromatic heterocycles. The summed E-state index contributed by atoms with van der Waals surface area (Å²) in [6, 6.07) is 29.7. The van der Waals surface area contributed by atoms with E-state index in [9.17, 15) is 24.3 Å². The van der Waals surface area contributed by atoms with Crippen molar-refractivity contribution >= 4 is 52.1 Å². The van der Waals surface area contributed by atoms with E-state index in [0.717, 1.165) is 39.1 Å². The van der Waals surface area contributed by atoms with Crippen LogP contribution in [0.1, 0.15) is 58.8 Å². The highest BCUT2D eigenvalue weighted by Gasteiger charge is 2.39. The van der Waals surface area contributed by atoms with Crippen molar-refractivity contribution in [1.82, 2.24) is 15.5 Å². The van der Waals surface area contributed by atoms with Crippen molar-refractivity contribution in [1.29, 1.82) is 0 Å². The standard InChI is InChI=1S/C42H43ClN4O7/c1-27(53-24-22-44-36-9-5-8-34-35(36)26-47(42(34)52)37-18-19-38(49)46-41(37)51)40(50)45-23-25-54-32-16-12-30(13-17-32)39(29-10-14-31(48)15-11-29)33(20-21-43)28-6-3-2-4-7-28/h2-17,27,37,44,48H,18-26H2,1H3,(H,45,50)(H,46,49,51). The van der Waals surface area contributed by atoms with Crippen molar-refractivity contribution in [3.05, 3.63) is 125 Å². The number of ether oxygens (including phenoxy) is 2. The summed E-state index contributed by atoms with van der Waals surface area (Å²) in [7, 11) is 0. The Labute approximate surface area is 319 Å². The van der Waals surface area contributed by atoms with Gasteiger partial charge in [-0.1, -0.05) is 60.7 Å². The number of imide groups is 1. The minimum atomic E-state index is -0.700. The van der Waals surface area contributed by atoms with Gasteiger partial charge in [0, 0.05) is 42.2 Å². The van der Waals surface area contributed by atoms with Crippen LogP contribution in [0.15, 0.2) is 97.1 Å². The lowest BCUT2D eigenvalue weighted by molar-refractivity contribution is -0.137. The first-order valence-corrected chi connectivity index (χ1v) is 18.5. The molecule has 280 valence electrons. The van der Waals surface area contributed by atoms with E-state index >= 15 is 0 Å². The van der Waals surface area contributed by atoms with Gasteiger partial charge in [-0.25, -0.2) is 0 Å². The van der Waals surface area contributed by atoms with Gasteiger partial charge in [-0.05, 0) is 84.0 Å². The van der Waals surface area contributed by atoms with Crippen LogP contribution in [0.4, 0.5) is 5.69 Å². The maximum Gasteiger partial charge on any atom is 0.255 e. The topological polar surface area (TPSA) is 146 Å². The Kier molecular flexibility index (Phi) is 12.6. The van der Waals surface area contributed by atoms with E-state index < -0.39 is 18.1 Å². The summed E-state index contributed by atoms with van der Waals surface area (Å²) in [6.07, 6.45) is 0.450. The van der Waals surface area contributed by atoms with Crippen LogP contribution in [0.2, 0.25) is 0 Å². The molecule has 4 N–H and O–H groups in total. The molecule has 0 saturated carbocycles. The molecule has 1 fully saturated rings. The lowest BCUT2D eigenvalue weighted by Crippen LogP contribution is -2.52. The number of allylic oxidation sites excluding steroid dienone is 1. The number of nitrogens with one attached hydrogen (secondary N) is 3. The minimum Gasteiger partial charge on any atom is -0.508 e. The van der Waals surface area contributed by atoms with E-state index in [-0.39, 0.29) is 56.2 Å². The van der Waals surface area contributed by atoms with Gasteiger partial charge in [0.05, 0.1) is 13.2 Å². The molecule has 12 heteroatoms. The number of carbonyl (C=O) groups excluding carboxylic acids is 4. The first-order valence-electron chi connectivity index (χ1n) is 18.0. The van der Waals surface area contributed by atoms with Crippen molar-refractivity contribution in [3.63, 3.8) is 0 Å². The number of aromatic hydroxyl groups is 1. The molecule has 2 aliphatic heterocycles. The predicted octanol–water partition coefficient (Wildman–Crippen LogP) is 5.75. The van der Waals surface area contributed by atoms with E-state index in [2.05, 4.69) is 28.1 Å². The third-order valence-electron chi connectivity index (χ3n) is 9.47. The molecule has 0 aliphatic carbocycles. The quantitative estimate of drug-likeness (QED) is 0.0490. The Morgan fingerprint density at radius 3 is 2.33 bits per heavy atom. The van der Waals surface area contributed by atoms with Gasteiger partial charge in [0.2, 0.25) is 17.7 Å². The van der Waals surface area contributed by atoms with E-state index in [1.54, 1.807) is 31.2 Å². The van der Waals surface area contributed by atoms with Crippen molar-refractivity contribution in [2.24, 2.45) is 0 Å². The first kappa shape index (κ1) is 38.1. The Morgan fingerprint density at radius 1 is 0.907 bits per heavy atom. The average molecular weight is 751 g/mol. The van der Waals surface area contributed by atoms with E-state index in [4.69, 9.17) is 21.1 Å². The highest BCUT2D eigenvalue weighted by atomic mass is 35.5. The van der Waals surface area contributed by atoms with Crippen molar-refractivity contribution in [3.8, 4) is 11.5 Å². The summed E-state index contributed by atoms with van der Waals surface area (Å²) in [5.41, 5.74) is 7.17. The van der Waals surface area contributed by atoms with Crippen molar-refractivity contribution in [2.75, 3.05) is 37.5 Å². The highest BCUT2D eigenvalue weighted by Crippen LogP contribution is 2.36. The van der Waals surface area contributed by atoms with Crippen LogP contribution in [-0.4, -0.2) is 78.0 Å². The Balaban J connectivity index is 0.968.